The second-order valence-corrected chi connectivity index (χ2v) is 4.16. The summed E-state index contributed by atoms with van der Waals surface area (Å²) in [4.78, 5) is 0. The Morgan fingerprint density at radius 3 is 2.36 bits per heavy atom. The number of hydrogen-bond donors (Lipinski definition) is 0. The van der Waals surface area contributed by atoms with E-state index in [-0.39, 0.29) is 0 Å². The summed E-state index contributed by atoms with van der Waals surface area (Å²) in [5.74, 6) is 0.562. The van der Waals surface area contributed by atoms with Gasteiger partial charge in [0.25, 0.3) is 0 Å². The quantitative estimate of drug-likeness (QED) is 0.461. The van der Waals surface area contributed by atoms with Crippen LogP contribution in [0.15, 0.2) is 36.5 Å². The summed E-state index contributed by atoms with van der Waals surface area (Å²) in [6, 6.07) is 0. The summed E-state index contributed by atoms with van der Waals surface area (Å²) < 4.78 is 0. The number of allylic oxidation sites excluding steroid dienone is 3. The molecule has 2 aliphatic rings. The van der Waals surface area contributed by atoms with Crippen LogP contribution in [0.4, 0.5) is 0 Å². The van der Waals surface area contributed by atoms with Gasteiger partial charge in [0.1, 0.15) is 0 Å². The first-order valence-electron chi connectivity index (χ1n) is 4.11. The van der Waals surface area contributed by atoms with Gasteiger partial charge < -0.3 is 0 Å². The van der Waals surface area contributed by atoms with Gasteiger partial charge in [-0.15, -0.1) is 0 Å². The van der Waals surface area contributed by atoms with Crippen LogP contribution in [0.25, 0.3) is 0 Å². The lowest BCUT2D eigenvalue weighted by molar-refractivity contribution is 0.451. The molecule has 58 valence electrons. The van der Waals surface area contributed by atoms with Crippen LogP contribution in [0, 0.1) is 11.3 Å². The molecule has 0 N–H and O–H groups in total. The summed E-state index contributed by atoms with van der Waals surface area (Å²) in [6.45, 7) is 14.5. The maximum atomic E-state index is 4.08. The third kappa shape index (κ3) is 0.649. The summed E-state index contributed by atoms with van der Waals surface area (Å²) in [7, 11) is 0. The van der Waals surface area contributed by atoms with E-state index < -0.39 is 0 Å². The molecule has 2 saturated carbocycles. The van der Waals surface area contributed by atoms with Crippen molar-refractivity contribution >= 4 is 0 Å². The Hall–Kier alpha value is -0.780. The van der Waals surface area contributed by atoms with Gasteiger partial charge in [-0.1, -0.05) is 32.2 Å². The van der Waals surface area contributed by atoms with Gasteiger partial charge in [0, 0.05) is 5.92 Å². The predicted molar refractivity (Wildman–Crippen MR) is 48.3 cm³/mol. The predicted octanol–water partition coefficient (Wildman–Crippen LogP) is 3.08. The first-order valence-corrected chi connectivity index (χ1v) is 4.11. The molecule has 11 heavy (non-hydrogen) atoms. The van der Waals surface area contributed by atoms with Gasteiger partial charge in [0.15, 0.2) is 0 Å². The van der Waals surface area contributed by atoms with Crippen LogP contribution in [0.1, 0.15) is 19.8 Å². The van der Waals surface area contributed by atoms with E-state index >= 15 is 0 Å². The Bertz CT molecular complexity index is 270. The van der Waals surface area contributed by atoms with Gasteiger partial charge in [-0.25, -0.2) is 0 Å². The lowest BCUT2D eigenvalue weighted by Gasteiger charge is -2.25. The van der Waals surface area contributed by atoms with Crippen LogP contribution in [-0.2, 0) is 0 Å². The fourth-order valence-corrected chi connectivity index (χ4v) is 2.49. The van der Waals surface area contributed by atoms with Crippen molar-refractivity contribution in [3.8, 4) is 0 Å². The van der Waals surface area contributed by atoms with Gasteiger partial charge in [-0.3, -0.25) is 0 Å². The molecule has 0 aromatic heterocycles. The molecule has 2 atom stereocenters. The molecule has 0 heteroatoms. The molecular weight excluding hydrogens is 132 g/mol. The summed E-state index contributed by atoms with van der Waals surface area (Å²) >= 11 is 0. The molecule has 2 fully saturated rings. The van der Waals surface area contributed by atoms with Crippen molar-refractivity contribution in [2.24, 2.45) is 11.3 Å². The van der Waals surface area contributed by atoms with Crippen molar-refractivity contribution in [1.82, 2.24) is 0 Å². The van der Waals surface area contributed by atoms with Crippen molar-refractivity contribution in [2.45, 2.75) is 19.8 Å². The lowest BCUT2D eigenvalue weighted by atomic mass is 9.79. The highest BCUT2D eigenvalue weighted by molar-refractivity contribution is 5.49. The van der Waals surface area contributed by atoms with Crippen LogP contribution >= 0.6 is 0 Å². The van der Waals surface area contributed by atoms with Gasteiger partial charge in [-0.2, -0.15) is 0 Å². The van der Waals surface area contributed by atoms with Crippen molar-refractivity contribution in [2.75, 3.05) is 0 Å². The second-order valence-electron chi connectivity index (χ2n) is 4.16. The van der Waals surface area contributed by atoms with E-state index in [4.69, 9.17) is 0 Å². The zero-order valence-electron chi connectivity index (χ0n) is 7.11. The number of hydrogen-bond acceptors (Lipinski definition) is 0. The average molecular weight is 146 g/mol. The standard InChI is InChI=1S/C11H14/c1-7-5-11(4)6-10(7)8(2)9(11)3/h10H,1-3,5-6H2,4H3. The number of fused-ring (bicyclic) bond motifs is 2. The van der Waals surface area contributed by atoms with Crippen molar-refractivity contribution < 1.29 is 0 Å². The molecule has 0 aromatic carbocycles. The van der Waals surface area contributed by atoms with Gasteiger partial charge >= 0.3 is 0 Å². The van der Waals surface area contributed by atoms with E-state index in [1.165, 1.54) is 23.1 Å². The smallest absolute Gasteiger partial charge is 0.00511 e. The van der Waals surface area contributed by atoms with Crippen molar-refractivity contribution in [3.05, 3.63) is 36.5 Å². The second kappa shape index (κ2) is 1.69. The first-order chi connectivity index (χ1) is 5.04. The Kier molecular flexibility index (Phi) is 1.06. The van der Waals surface area contributed by atoms with Crippen LogP contribution in [-0.4, -0.2) is 0 Å². The average Bonchev–Trinajstić information content (AvgIpc) is 2.32. The Labute approximate surface area is 68.3 Å². The summed E-state index contributed by atoms with van der Waals surface area (Å²) in [5, 5.41) is 0. The minimum Gasteiger partial charge on any atom is -0.0992 e. The minimum absolute atomic E-state index is 0.318. The Morgan fingerprint density at radius 1 is 1.36 bits per heavy atom. The maximum absolute atomic E-state index is 4.08. The van der Waals surface area contributed by atoms with E-state index in [0.717, 1.165) is 6.42 Å². The summed E-state index contributed by atoms with van der Waals surface area (Å²) in [5.41, 5.74) is 4.20. The highest BCUT2D eigenvalue weighted by Gasteiger charge is 2.48. The maximum Gasteiger partial charge on any atom is 0.00511 e. The largest absolute Gasteiger partial charge is 0.0992 e. The third-order valence-electron chi connectivity index (χ3n) is 3.30. The van der Waals surface area contributed by atoms with E-state index in [2.05, 4.69) is 26.7 Å². The van der Waals surface area contributed by atoms with Gasteiger partial charge in [-0.05, 0) is 29.4 Å². The third-order valence-corrected chi connectivity index (χ3v) is 3.30. The SMILES string of the molecule is C=C1CC2(C)CC1C(=C)C2=C. The zero-order chi connectivity index (χ0) is 8.22. The van der Waals surface area contributed by atoms with Crippen LogP contribution in [0.2, 0.25) is 0 Å². The molecule has 2 rings (SSSR count). The fourth-order valence-electron chi connectivity index (χ4n) is 2.49. The lowest BCUT2D eigenvalue weighted by Crippen LogP contribution is -2.12. The molecule has 0 spiro atoms. The van der Waals surface area contributed by atoms with Gasteiger partial charge in [0.05, 0.1) is 0 Å². The highest BCUT2D eigenvalue weighted by Crippen LogP contribution is 2.60. The molecular formula is C11H14. The minimum atomic E-state index is 0.318. The highest BCUT2D eigenvalue weighted by atomic mass is 14.5. The number of rotatable bonds is 0. The van der Waals surface area contributed by atoms with Crippen molar-refractivity contribution in [1.29, 1.82) is 0 Å². The molecule has 2 aliphatic carbocycles. The molecule has 0 nitrogen and oxygen atoms in total. The van der Waals surface area contributed by atoms with Crippen LogP contribution in [0.3, 0.4) is 0 Å². The van der Waals surface area contributed by atoms with E-state index in [1.54, 1.807) is 0 Å². The monoisotopic (exact) mass is 146 g/mol. The molecule has 0 aromatic rings. The molecule has 2 unspecified atom stereocenters. The Balaban J connectivity index is 2.49. The van der Waals surface area contributed by atoms with Crippen LogP contribution in [0.5, 0.6) is 0 Å². The first kappa shape index (κ1) is 6.90. The molecule has 0 amide bonds. The molecule has 2 bridgehead atoms. The normalized spacial score (nSPS) is 42.3. The fraction of sp³-hybridized carbons (Fsp3) is 0.455. The van der Waals surface area contributed by atoms with E-state index in [9.17, 15) is 0 Å². The van der Waals surface area contributed by atoms with Crippen molar-refractivity contribution in [3.63, 3.8) is 0 Å². The molecule has 0 radical (unpaired) electrons. The topological polar surface area (TPSA) is 0 Å². The van der Waals surface area contributed by atoms with E-state index in [0.29, 0.717) is 11.3 Å². The van der Waals surface area contributed by atoms with E-state index in [1.807, 2.05) is 0 Å². The molecule has 0 heterocycles. The van der Waals surface area contributed by atoms with Crippen LogP contribution < -0.4 is 0 Å². The summed E-state index contributed by atoms with van der Waals surface area (Å²) in [6.07, 6.45) is 2.35. The molecule has 0 saturated heterocycles. The molecule has 0 aliphatic heterocycles. The Morgan fingerprint density at radius 2 is 2.00 bits per heavy atom. The van der Waals surface area contributed by atoms with Gasteiger partial charge in [0.2, 0.25) is 0 Å². The zero-order valence-corrected chi connectivity index (χ0v) is 7.11.